The van der Waals surface area contributed by atoms with Crippen molar-refractivity contribution in [3.63, 3.8) is 0 Å². The Balaban J connectivity index is 1.77. The standard InChI is InChI=1S/C19H24N2O4S/c1-3-15-8-10-18(11-9-15)25-13-19(22)21-12-16-4-6-17(7-5-16)14-26(23,24)20-2/h4-11,20H,3,12-14H2,1-2H3,(H,21,22). The summed E-state index contributed by atoms with van der Waals surface area (Å²) >= 11 is 0. The fraction of sp³-hybridized carbons (Fsp3) is 0.316. The molecular formula is C19H24N2O4S. The van der Waals surface area contributed by atoms with Gasteiger partial charge in [-0.1, -0.05) is 43.3 Å². The van der Waals surface area contributed by atoms with Crippen molar-refractivity contribution >= 4 is 15.9 Å². The number of amides is 1. The number of rotatable bonds is 9. The van der Waals surface area contributed by atoms with Gasteiger partial charge in [-0.15, -0.1) is 0 Å². The lowest BCUT2D eigenvalue weighted by atomic mass is 10.1. The summed E-state index contributed by atoms with van der Waals surface area (Å²) in [5.74, 6) is 0.375. The molecule has 0 aliphatic heterocycles. The quantitative estimate of drug-likeness (QED) is 0.701. The Kier molecular flexibility index (Phi) is 7.17. The van der Waals surface area contributed by atoms with Crippen LogP contribution in [0.3, 0.4) is 0 Å². The number of sulfonamides is 1. The van der Waals surface area contributed by atoms with Gasteiger partial charge in [0.05, 0.1) is 5.75 Å². The molecule has 7 heteroatoms. The summed E-state index contributed by atoms with van der Waals surface area (Å²) in [5, 5.41) is 2.78. The van der Waals surface area contributed by atoms with Crippen molar-refractivity contribution < 1.29 is 17.9 Å². The maximum atomic E-state index is 11.9. The van der Waals surface area contributed by atoms with Crippen molar-refractivity contribution in [1.29, 1.82) is 0 Å². The molecule has 2 N–H and O–H groups in total. The maximum Gasteiger partial charge on any atom is 0.258 e. The lowest BCUT2D eigenvalue weighted by Crippen LogP contribution is -2.28. The topological polar surface area (TPSA) is 84.5 Å². The summed E-state index contributed by atoms with van der Waals surface area (Å²) in [6.45, 7) is 2.38. The zero-order valence-electron chi connectivity index (χ0n) is 15.0. The van der Waals surface area contributed by atoms with Gasteiger partial charge in [0, 0.05) is 6.54 Å². The van der Waals surface area contributed by atoms with Crippen LogP contribution < -0.4 is 14.8 Å². The predicted octanol–water partition coefficient (Wildman–Crippen LogP) is 1.99. The maximum absolute atomic E-state index is 11.9. The molecule has 0 radical (unpaired) electrons. The first-order chi connectivity index (χ1) is 12.4. The van der Waals surface area contributed by atoms with E-state index >= 15 is 0 Å². The third kappa shape index (κ3) is 6.50. The monoisotopic (exact) mass is 376 g/mol. The van der Waals surface area contributed by atoms with Gasteiger partial charge in [-0.3, -0.25) is 4.79 Å². The van der Waals surface area contributed by atoms with E-state index in [4.69, 9.17) is 4.74 Å². The van der Waals surface area contributed by atoms with E-state index in [9.17, 15) is 13.2 Å². The van der Waals surface area contributed by atoms with Crippen LogP contribution in [0.25, 0.3) is 0 Å². The minimum absolute atomic E-state index is 0.0516. The van der Waals surface area contributed by atoms with E-state index in [1.54, 1.807) is 24.3 Å². The number of benzene rings is 2. The molecule has 0 atom stereocenters. The van der Waals surface area contributed by atoms with Crippen LogP contribution in [0, 0.1) is 0 Å². The molecule has 26 heavy (non-hydrogen) atoms. The highest BCUT2D eigenvalue weighted by molar-refractivity contribution is 7.88. The number of ether oxygens (including phenoxy) is 1. The van der Waals surface area contributed by atoms with E-state index in [1.807, 2.05) is 24.3 Å². The number of hydrogen-bond donors (Lipinski definition) is 2. The van der Waals surface area contributed by atoms with Crippen LogP contribution in [0.4, 0.5) is 0 Å². The zero-order chi connectivity index (χ0) is 19.0. The molecule has 2 rings (SSSR count). The summed E-state index contributed by atoms with van der Waals surface area (Å²) in [6.07, 6.45) is 0.959. The van der Waals surface area contributed by atoms with Crippen LogP contribution in [0.1, 0.15) is 23.6 Å². The van der Waals surface area contributed by atoms with E-state index in [0.29, 0.717) is 17.9 Å². The van der Waals surface area contributed by atoms with Crippen LogP contribution in [-0.2, 0) is 33.5 Å². The van der Waals surface area contributed by atoms with Crippen molar-refractivity contribution in [3.05, 3.63) is 65.2 Å². The largest absolute Gasteiger partial charge is 0.484 e. The number of aryl methyl sites for hydroxylation is 1. The molecule has 0 aliphatic rings. The zero-order valence-corrected chi connectivity index (χ0v) is 15.8. The molecule has 2 aromatic rings. The first-order valence-corrected chi connectivity index (χ1v) is 10.0. The molecule has 0 heterocycles. The molecule has 0 fully saturated rings. The van der Waals surface area contributed by atoms with E-state index in [2.05, 4.69) is 17.0 Å². The Labute approximate surface area is 154 Å². The molecule has 0 aliphatic carbocycles. The van der Waals surface area contributed by atoms with Gasteiger partial charge in [-0.25, -0.2) is 13.1 Å². The van der Waals surface area contributed by atoms with E-state index in [1.165, 1.54) is 12.6 Å². The Morgan fingerprint density at radius 3 is 2.12 bits per heavy atom. The third-order valence-electron chi connectivity index (χ3n) is 3.88. The van der Waals surface area contributed by atoms with Crippen molar-refractivity contribution in [2.45, 2.75) is 25.6 Å². The van der Waals surface area contributed by atoms with Gasteiger partial charge in [-0.05, 0) is 42.3 Å². The SMILES string of the molecule is CCc1ccc(OCC(=O)NCc2ccc(CS(=O)(=O)NC)cc2)cc1. The van der Waals surface area contributed by atoms with Crippen molar-refractivity contribution in [3.8, 4) is 5.75 Å². The van der Waals surface area contributed by atoms with Crippen molar-refractivity contribution in [2.75, 3.05) is 13.7 Å². The van der Waals surface area contributed by atoms with Crippen LogP contribution >= 0.6 is 0 Å². The Morgan fingerprint density at radius 1 is 0.962 bits per heavy atom. The number of carbonyl (C=O) groups excluding carboxylic acids is 1. The Morgan fingerprint density at radius 2 is 1.54 bits per heavy atom. The van der Waals surface area contributed by atoms with Gasteiger partial charge in [0.25, 0.3) is 5.91 Å². The lowest BCUT2D eigenvalue weighted by Gasteiger charge is -2.09. The van der Waals surface area contributed by atoms with Gasteiger partial charge >= 0.3 is 0 Å². The number of hydrogen-bond acceptors (Lipinski definition) is 4. The van der Waals surface area contributed by atoms with Crippen LogP contribution in [-0.4, -0.2) is 28.0 Å². The van der Waals surface area contributed by atoms with Gasteiger partial charge in [0.2, 0.25) is 10.0 Å². The molecular weight excluding hydrogens is 352 g/mol. The fourth-order valence-electron chi connectivity index (χ4n) is 2.27. The van der Waals surface area contributed by atoms with Crippen LogP contribution in [0.15, 0.2) is 48.5 Å². The van der Waals surface area contributed by atoms with Gasteiger partial charge < -0.3 is 10.1 Å². The van der Waals surface area contributed by atoms with E-state index in [0.717, 1.165) is 12.0 Å². The third-order valence-corrected chi connectivity index (χ3v) is 5.22. The first kappa shape index (κ1) is 19.9. The minimum Gasteiger partial charge on any atom is -0.484 e. The Bertz CT molecular complexity index is 816. The van der Waals surface area contributed by atoms with Gasteiger partial charge in [0.15, 0.2) is 6.61 Å². The molecule has 0 aromatic heterocycles. The molecule has 0 saturated carbocycles. The van der Waals surface area contributed by atoms with Crippen molar-refractivity contribution in [2.24, 2.45) is 0 Å². The lowest BCUT2D eigenvalue weighted by molar-refractivity contribution is -0.123. The molecule has 0 bridgehead atoms. The highest BCUT2D eigenvalue weighted by Crippen LogP contribution is 2.12. The van der Waals surface area contributed by atoms with Crippen molar-refractivity contribution in [1.82, 2.24) is 10.0 Å². The van der Waals surface area contributed by atoms with Crippen LogP contribution in [0.2, 0.25) is 0 Å². The minimum atomic E-state index is -3.29. The highest BCUT2D eigenvalue weighted by Gasteiger charge is 2.08. The average Bonchev–Trinajstić information content (AvgIpc) is 2.66. The highest BCUT2D eigenvalue weighted by atomic mass is 32.2. The van der Waals surface area contributed by atoms with Gasteiger partial charge in [-0.2, -0.15) is 0 Å². The number of carbonyl (C=O) groups is 1. The first-order valence-electron chi connectivity index (χ1n) is 8.39. The summed E-state index contributed by atoms with van der Waals surface area (Å²) in [6, 6.07) is 14.7. The molecule has 0 unspecified atom stereocenters. The normalized spacial score (nSPS) is 11.2. The Hall–Kier alpha value is -2.38. The summed E-state index contributed by atoms with van der Waals surface area (Å²) < 4.78 is 30.8. The summed E-state index contributed by atoms with van der Waals surface area (Å²) in [5.41, 5.74) is 2.79. The summed E-state index contributed by atoms with van der Waals surface area (Å²) in [7, 11) is -1.90. The summed E-state index contributed by atoms with van der Waals surface area (Å²) in [4.78, 5) is 11.9. The average molecular weight is 376 g/mol. The van der Waals surface area contributed by atoms with E-state index < -0.39 is 10.0 Å². The fourth-order valence-corrected chi connectivity index (χ4v) is 3.04. The number of nitrogens with one attached hydrogen (secondary N) is 2. The van der Waals surface area contributed by atoms with Crippen LogP contribution in [0.5, 0.6) is 5.75 Å². The predicted molar refractivity (Wildman–Crippen MR) is 101 cm³/mol. The molecule has 0 spiro atoms. The molecule has 2 aromatic carbocycles. The van der Waals surface area contributed by atoms with Gasteiger partial charge in [0.1, 0.15) is 5.75 Å². The second-order valence-corrected chi connectivity index (χ2v) is 7.77. The molecule has 6 nitrogen and oxygen atoms in total. The second-order valence-electron chi connectivity index (χ2n) is 5.84. The second kappa shape index (κ2) is 9.35. The molecule has 140 valence electrons. The molecule has 1 amide bonds. The smallest absolute Gasteiger partial charge is 0.258 e. The van der Waals surface area contributed by atoms with E-state index in [-0.39, 0.29) is 18.3 Å². The molecule has 0 saturated heterocycles.